The van der Waals surface area contributed by atoms with E-state index >= 15 is 0 Å². The minimum Gasteiger partial charge on any atom is -0.388 e. The largest absolute Gasteiger partial charge is 0.388 e. The number of aliphatic hydroxyl groups is 1. The van der Waals surface area contributed by atoms with Crippen molar-refractivity contribution in [2.45, 2.75) is 19.4 Å². The van der Waals surface area contributed by atoms with Gasteiger partial charge in [-0.1, -0.05) is 33.6 Å². The molecule has 0 saturated carbocycles. The van der Waals surface area contributed by atoms with Gasteiger partial charge in [0.05, 0.1) is 11.8 Å². The lowest BCUT2D eigenvalue weighted by atomic mass is 10.0. The zero-order chi connectivity index (χ0) is 13.4. The maximum Gasteiger partial charge on any atom is 0.193 e. The molecular formula is C14H13BrN2OS. The van der Waals surface area contributed by atoms with E-state index in [9.17, 15) is 5.11 Å². The Morgan fingerprint density at radius 2 is 2.32 bits per heavy atom. The predicted molar refractivity (Wildman–Crippen MR) is 80.6 cm³/mol. The van der Waals surface area contributed by atoms with Gasteiger partial charge in [-0.25, -0.2) is 4.98 Å². The summed E-state index contributed by atoms with van der Waals surface area (Å²) in [6, 6.07) is 6.00. The Morgan fingerprint density at radius 1 is 1.47 bits per heavy atom. The molecular weight excluding hydrogens is 324 g/mol. The number of halogens is 1. The summed E-state index contributed by atoms with van der Waals surface area (Å²) in [4.78, 5) is 5.46. The van der Waals surface area contributed by atoms with Gasteiger partial charge >= 0.3 is 0 Å². The summed E-state index contributed by atoms with van der Waals surface area (Å²) < 4.78 is 2.92. The number of fused-ring (bicyclic) bond motifs is 1. The second kappa shape index (κ2) is 5.07. The second-order valence-corrected chi connectivity index (χ2v) is 6.30. The molecule has 2 heterocycles. The maximum atomic E-state index is 10.4. The molecule has 1 N–H and O–H groups in total. The molecule has 0 aliphatic heterocycles. The van der Waals surface area contributed by atoms with Gasteiger partial charge in [0, 0.05) is 28.7 Å². The number of thiazole rings is 1. The van der Waals surface area contributed by atoms with Crippen LogP contribution in [0.1, 0.15) is 22.9 Å². The van der Waals surface area contributed by atoms with Gasteiger partial charge < -0.3 is 5.11 Å². The lowest BCUT2D eigenvalue weighted by molar-refractivity contribution is 0.176. The number of hydrogen-bond donors (Lipinski definition) is 1. The van der Waals surface area contributed by atoms with Gasteiger partial charge in [-0.2, -0.15) is 0 Å². The molecule has 1 atom stereocenters. The van der Waals surface area contributed by atoms with Crippen LogP contribution >= 0.6 is 27.3 Å². The Morgan fingerprint density at radius 3 is 3.11 bits per heavy atom. The molecule has 0 aliphatic carbocycles. The minimum absolute atomic E-state index is 0.524. The van der Waals surface area contributed by atoms with Gasteiger partial charge in [0.1, 0.15) is 0 Å². The van der Waals surface area contributed by atoms with Crippen LogP contribution in [-0.2, 0) is 6.42 Å². The van der Waals surface area contributed by atoms with E-state index in [1.54, 1.807) is 11.3 Å². The molecule has 0 spiro atoms. The number of aryl methyl sites for hydroxylation is 1. The number of hydrogen-bond acceptors (Lipinski definition) is 3. The zero-order valence-corrected chi connectivity index (χ0v) is 12.8. The van der Waals surface area contributed by atoms with Crippen LogP contribution in [0.4, 0.5) is 0 Å². The van der Waals surface area contributed by atoms with E-state index in [0.717, 1.165) is 26.3 Å². The number of benzene rings is 1. The normalized spacial score (nSPS) is 13.0. The Labute approximate surface area is 123 Å². The maximum absolute atomic E-state index is 10.4. The van der Waals surface area contributed by atoms with Crippen molar-refractivity contribution < 1.29 is 5.11 Å². The molecule has 0 radical (unpaired) electrons. The van der Waals surface area contributed by atoms with Crippen molar-refractivity contribution in [2.24, 2.45) is 0 Å². The van der Waals surface area contributed by atoms with E-state index in [0.29, 0.717) is 6.42 Å². The fraction of sp³-hybridized carbons (Fsp3) is 0.214. The number of imidazole rings is 1. The van der Waals surface area contributed by atoms with Gasteiger partial charge in [0.25, 0.3) is 0 Å². The lowest BCUT2D eigenvalue weighted by Gasteiger charge is -2.12. The summed E-state index contributed by atoms with van der Waals surface area (Å²) >= 11 is 5.09. The van der Waals surface area contributed by atoms with Crippen molar-refractivity contribution in [2.75, 3.05) is 0 Å². The standard InChI is InChI=1S/C14H13BrN2OS/c1-9-2-3-12(15)11(6-9)13(18)7-10-8-17-4-5-19-14(17)16-10/h2-6,8,13,18H,7H2,1H3. The van der Waals surface area contributed by atoms with E-state index in [4.69, 9.17) is 0 Å². The Bertz CT molecular complexity index is 691. The monoisotopic (exact) mass is 336 g/mol. The zero-order valence-electron chi connectivity index (χ0n) is 10.4. The van der Waals surface area contributed by atoms with Crippen LogP contribution in [0.25, 0.3) is 4.96 Å². The molecule has 1 unspecified atom stereocenters. The fourth-order valence-corrected chi connectivity index (χ4v) is 3.33. The van der Waals surface area contributed by atoms with Crippen molar-refractivity contribution >= 4 is 32.2 Å². The van der Waals surface area contributed by atoms with Gasteiger partial charge in [-0.3, -0.25) is 4.40 Å². The van der Waals surface area contributed by atoms with E-state index < -0.39 is 6.10 Å². The lowest BCUT2D eigenvalue weighted by Crippen LogP contribution is -2.03. The van der Waals surface area contributed by atoms with Crippen LogP contribution in [0.3, 0.4) is 0 Å². The first-order valence-corrected chi connectivity index (χ1v) is 7.66. The number of aromatic nitrogens is 2. The SMILES string of the molecule is Cc1ccc(Br)c(C(O)Cc2cn3ccsc3n2)c1. The van der Waals surface area contributed by atoms with Crippen molar-refractivity contribution in [1.29, 1.82) is 0 Å². The van der Waals surface area contributed by atoms with Gasteiger partial charge in [0.2, 0.25) is 0 Å². The second-order valence-electron chi connectivity index (χ2n) is 4.57. The molecule has 3 aromatic rings. The highest BCUT2D eigenvalue weighted by Crippen LogP contribution is 2.27. The molecule has 0 fully saturated rings. The summed E-state index contributed by atoms with van der Waals surface area (Å²) in [7, 11) is 0. The van der Waals surface area contributed by atoms with Crippen LogP contribution in [0.15, 0.2) is 40.4 Å². The first-order chi connectivity index (χ1) is 9.13. The average Bonchev–Trinajstić information content (AvgIpc) is 2.92. The highest BCUT2D eigenvalue weighted by molar-refractivity contribution is 9.10. The van der Waals surface area contributed by atoms with Crippen molar-refractivity contribution in [3.05, 3.63) is 57.3 Å². The average molecular weight is 337 g/mol. The van der Waals surface area contributed by atoms with Crippen LogP contribution < -0.4 is 0 Å². The topological polar surface area (TPSA) is 37.5 Å². The minimum atomic E-state index is -0.543. The molecule has 19 heavy (non-hydrogen) atoms. The van der Waals surface area contributed by atoms with Crippen molar-refractivity contribution in [3.63, 3.8) is 0 Å². The molecule has 0 saturated heterocycles. The summed E-state index contributed by atoms with van der Waals surface area (Å²) in [6.45, 7) is 2.02. The molecule has 3 nitrogen and oxygen atoms in total. The molecule has 3 rings (SSSR count). The first kappa shape index (κ1) is 12.8. The van der Waals surface area contributed by atoms with Crippen molar-refractivity contribution in [1.82, 2.24) is 9.38 Å². The smallest absolute Gasteiger partial charge is 0.193 e. The van der Waals surface area contributed by atoms with Crippen LogP contribution in [0, 0.1) is 6.92 Å². The summed E-state index contributed by atoms with van der Waals surface area (Å²) in [6.07, 6.45) is 3.93. The van der Waals surface area contributed by atoms with Crippen LogP contribution in [0.2, 0.25) is 0 Å². The van der Waals surface area contributed by atoms with Gasteiger partial charge in [0.15, 0.2) is 4.96 Å². The number of rotatable bonds is 3. The predicted octanol–water partition coefficient (Wildman–Crippen LogP) is 3.74. The molecule has 2 aromatic heterocycles. The summed E-state index contributed by atoms with van der Waals surface area (Å²) in [5.41, 5.74) is 2.96. The van der Waals surface area contributed by atoms with Crippen LogP contribution in [0.5, 0.6) is 0 Å². The Hall–Kier alpha value is -1.17. The van der Waals surface area contributed by atoms with E-state index in [1.807, 2.05) is 47.3 Å². The molecule has 0 bridgehead atoms. The van der Waals surface area contributed by atoms with Gasteiger partial charge in [-0.15, -0.1) is 11.3 Å². The molecule has 1 aromatic carbocycles. The van der Waals surface area contributed by atoms with E-state index in [1.165, 1.54) is 0 Å². The van der Waals surface area contributed by atoms with Crippen molar-refractivity contribution in [3.8, 4) is 0 Å². The van der Waals surface area contributed by atoms with Crippen LogP contribution in [-0.4, -0.2) is 14.5 Å². The number of nitrogens with zero attached hydrogens (tertiary/aromatic N) is 2. The number of aliphatic hydroxyl groups excluding tert-OH is 1. The highest BCUT2D eigenvalue weighted by Gasteiger charge is 2.14. The Kier molecular flexibility index (Phi) is 3.43. The molecule has 5 heteroatoms. The third kappa shape index (κ3) is 2.59. The van der Waals surface area contributed by atoms with E-state index in [-0.39, 0.29) is 0 Å². The Balaban J connectivity index is 1.86. The van der Waals surface area contributed by atoms with Gasteiger partial charge in [-0.05, 0) is 18.6 Å². The fourth-order valence-electron chi connectivity index (χ4n) is 2.10. The third-order valence-electron chi connectivity index (χ3n) is 3.06. The molecule has 98 valence electrons. The summed E-state index contributed by atoms with van der Waals surface area (Å²) in [5, 5.41) is 12.4. The molecule has 0 amide bonds. The third-order valence-corrected chi connectivity index (χ3v) is 4.55. The van der Waals surface area contributed by atoms with E-state index in [2.05, 4.69) is 20.9 Å². The summed E-state index contributed by atoms with van der Waals surface area (Å²) in [5.74, 6) is 0. The highest BCUT2D eigenvalue weighted by atomic mass is 79.9. The molecule has 0 aliphatic rings. The first-order valence-electron chi connectivity index (χ1n) is 5.98. The quantitative estimate of drug-likeness (QED) is 0.791.